The van der Waals surface area contributed by atoms with Gasteiger partial charge in [0.1, 0.15) is 0 Å². The summed E-state index contributed by atoms with van der Waals surface area (Å²) in [6.45, 7) is 4.06. The smallest absolute Gasteiger partial charge is 0.354 e. The zero-order valence-electron chi connectivity index (χ0n) is 12.6. The standard InChI is InChI=1S/C14H25F3N2O.ClH/c1-3-13(18,4-2)9-19-12(20)10-7-5-6-8-11(10)14(15,16)17;/h10-11H,3-9,18H2,1-2H3,(H,19,20);1H. The highest BCUT2D eigenvalue weighted by atomic mass is 35.5. The second kappa shape index (κ2) is 8.22. The van der Waals surface area contributed by atoms with Crippen LogP contribution in [0.4, 0.5) is 13.2 Å². The van der Waals surface area contributed by atoms with Gasteiger partial charge in [-0.2, -0.15) is 13.2 Å². The third-order valence-corrected chi connectivity index (χ3v) is 4.55. The van der Waals surface area contributed by atoms with Crippen molar-refractivity contribution in [3.63, 3.8) is 0 Å². The molecule has 0 spiro atoms. The SMILES string of the molecule is CCC(N)(CC)CNC(=O)C1CCCCC1C(F)(F)F.Cl. The number of amides is 1. The quantitative estimate of drug-likeness (QED) is 0.811. The minimum atomic E-state index is -4.29. The van der Waals surface area contributed by atoms with E-state index in [1.54, 1.807) is 0 Å². The molecule has 1 saturated carbocycles. The molecule has 2 atom stereocenters. The van der Waals surface area contributed by atoms with Gasteiger partial charge in [0.15, 0.2) is 0 Å². The molecular weight excluding hydrogens is 305 g/mol. The molecule has 0 aromatic carbocycles. The van der Waals surface area contributed by atoms with Crippen LogP contribution in [0.5, 0.6) is 0 Å². The second-order valence-electron chi connectivity index (χ2n) is 5.83. The van der Waals surface area contributed by atoms with Gasteiger partial charge in [-0.1, -0.05) is 26.7 Å². The maximum absolute atomic E-state index is 13.0. The molecule has 1 rings (SSSR count). The summed E-state index contributed by atoms with van der Waals surface area (Å²) in [4.78, 5) is 12.1. The summed E-state index contributed by atoms with van der Waals surface area (Å²) in [5.74, 6) is -2.96. The average molecular weight is 331 g/mol. The molecule has 0 aromatic heterocycles. The van der Waals surface area contributed by atoms with Gasteiger partial charge in [0, 0.05) is 18.0 Å². The molecule has 3 N–H and O–H groups in total. The van der Waals surface area contributed by atoms with Crippen molar-refractivity contribution >= 4 is 18.3 Å². The minimum absolute atomic E-state index is 0. The first-order chi connectivity index (χ1) is 9.23. The second-order valence-corrected chi connectivity index (χ2v) is 5.83. The Bertz CT molecular complexity index is 333. The van der Waals surface area contributed by atoms with Gasteiger partial charge in [-0.15, -0.1) is 12.4 Å². The van der Waals surface area contributed by atoms with Crippen molar-refractivity contribution in [3.8, 4) is 0 Å². The van der Waals surface area contributed by atoms with Crippen LogP contribution in [0.2, 0.25) is 0 Å². The molecule has 0 aromatic rings. The zero-order valence-corrected chi connectivity index (χ0v) is 13.4. The third-order valence-electron chi connectivity index (χ3n) is 4.55. The number of hydrogen-bond donors (Lipinski definition) is 2. The number of hydrogen-bond acceptors (Lipinski definition) is 2. The van der Waals surface area contributed by atoms with E-state index >= 15 is 0 Å². The van der Waals surface area contributed by atoms with Gasteiger partial charge < -0.3 is 11.1 Å². The Morgan fingerprint density at radius 2 is 1.71 bits per heavy atom. The molecule has 1 aliphatic rings. The Hall–Kier alpha value is -0.490. The van der Waals surface area contributed by atoms with Crippen LogP contribution in [0.3, 0.4) is 0 Å². The summed E-state index contributed by atoms with van der Waals surface area (Å²) in [5.41, 5.74) is 5.53. The maximum atomic E-state index is 13.0. The maximum Gasteiger partial charge on any atom is 0.392 e. The highest BCUT2D eigenvalue weighted by Crippen LogP contribution is 2.41. The molecule has 2 unspecified atom stereocenters. The van der Waals surface area contributed by atoms with Crippen molar-refractivity contribution in [2.75, 3.05) is 6.54 Å². The Morgan fingerprint density at radius 3 is 2.19 bits per heavy atom. The fourth-order valence-corrected chi connectivity index (χ4v) is 2.73. The number of carbonyl (C=O) groups is 1. The van der Waals surface area contributed by atoms with Crippen molar-refractivity contribution in [2.45, 2.75) is 64.1 Å². The molecule has 21 heavy (non-hydrogen) atoms. The molecule has 7 heteroatoms. The van der Waals surface area contributed by atoms with Crippen molar-refractivity contribution in [3.05, 3.63) is 0 Å². The fraction of sp³-hybridized carbons (Fsp3) is 0.929. The topological polar surface area (TPSA) is 55.1 Å². The van der Waals surface area contributed by atoms with Crippen molar-refractivity contribution in [1.82, 2.24) is 5.32 Å². The van der Waals surface area contributed by atoms with E-state index in [-0.39, 0.29) is 25.4 Å². The molecule has 126 valence electrons. The van der Waals surface area contributed by atoms with E-state index in [9.17, 15) is 18.0 Å². The molecule has 0 heterocycles. The Morgan fingerprint density at radius 1 is 1.19 bits per heavy atom. The lowest BCUT2D eigenvalue weighted by Gasteiger charge is -2.33. The predicted octanol–water partition coefficient (Wildman–Crippen LogP) is 3.41. The molecule has 1 amide bonds. The Balaban J connectivity index is 0.00000400. The minimum Gasteiger partial charge on any atom is -0.354 e. The van der Waals surface area contributed by atoms with Crippen LogP contribution in [0, 0.1) is 11.8 Å². The normalized spacial score (nSPS) is 23.3. The highest BCUT2D eigenvalue weighted by molar-refractivity contribution is 5.85. The van der Waals surface area contributed by atoms with E-state index in [2.05, 4.69) is 5.32 Å². The summed E-state index contributed by atoms with van der Waals surface area (Å²) in [6.07, 6.45) is -1.35. The van der Waals surface area contributed by atoms with E-state index < -0.39 is 29.5 Å². The van der Waals surface area contributed by atoms with Crippen LogP contribution in [0.1, 0.15) is 52.4 Å². The molecule has 0 radical (unpaired) electrons. The van der Waals surface area contributed by atoms with Crippen LogP contribution in [-0.2, 0) is 4.79 Å². The Kier molecular flexibility index (Phi) is 8.03. The van der Waals surface area contributed by atoms with Crippen LogP contribution < -0.4 is 11.1 Å². The van der Waals surface area contributed by atoms with E-state index in [0.29, 0.717) is 32.1 Å². The monoisotopic (exact) mass is 330 g/mol. The van der Waals surface area contributed by atoms with Gasteiger partial charge in [0.25, 0.3) is 0 Å². The first kappa shape index (κ1) is 20.5. The van der Waals surface area contributed by atoms with Crippen molar-refractivity contribution in [2.24, 2.45) is 17.6 Å². The van der Waals surface area contributed by atoms with Crippen molar-refractivity contribution < 1.29 is 18.0 Å². The zero-order chi connectivity index (χ0) is 15.4. The molecular formula is C14H26ClF3N2O. The lowest BCUT2D eigenvalue weighted by molar-refractivity contribution is -0.198. The largest absolute Gasteiger partial charge is 0.392 e. The number of nitrogens with two attached hydrogens (primary N) is 1. The van der Waals surface area contributed by atoms with Crippen LogP contribution >= 0.6 is 12.4 Å². The lowest BCUT2D eigenvalue weighted by atomic mass is 9.78. The van der Waals surface area contributed by atoms with Gasteiger partial charge in [0.2, 0.25) is 5.91 Å². The highest BCUT2D eigenvalue weighted by Gasteiger charge is 2.48. The first-order valence-electron chi connectivity index (χ1n) is 7.37. The molecule has 1 aliphatic carbocycles. The van der Waals surface area contributed by atoms with E-state index in [1.165, 1.54) is 0 Å². The van der Waals surface area contributed by atoms with Gasteiger partial charge in [-0.3, -0.25) is 4.79 Å². The number of carbonyl (C=O) groups excluding carboxylic acids is 1. The number of nitrogens with one attached hydrogen (secondary N) is 1. The summed E-state index contributed by atoms with van der Waals surface area (Å²) in [7, 11) is 0. The first-order valence-corrected chi connectivity index (χ1v) is 7.37. The van der Waals surface area contributed by atoms with Crippen LogP contribution in [-0.4, -0.2) is 24.2 Å². The van der Waals surface area contributed by atoms with E-state index in [4.69, 9.17) is 5.73 Å². The molecule has 1 fully saturated rings. The van der Waals surface area contributed by atoms with Gasteiger partial charge in [-0.25, -0.2) is 0 Å². The average Bonchev–Trinajstić information content (AvgIpc) is 2.43. The molecule has 0 saturated heterocycles. The Labute approximate surface area is 130 Å². The summed E-state index contributed by atoms with van der Waals surface area (Å²) < 4.78 is 38.9. The van der Waals surface area contributed by atoms with Gasteiger partial charge >= 0.3 is 6.18 Å². The third kappa shape index (κ3) is 5.66. The van der Waals surface area contributed by atoms with Crippen LogP contribution in [0.15, 0.2) is 0 Å². The lowest BCUT2D eigenvalue weighted by Crippen LogP contribution is -2.52. The van der Waals surface area contributed by atoms with Gasteiger partial charge in [-0.05, 0) is 25.7 Å². The summed E-state index contributed by atoms with van der Waals surface area (Å²) >= 11 is 0. The number of halogens is 4. The summed E-state index contributed by atoms with van der Waals surface area (Å²) in [5, 5.41) is 2.63. The molecule has 0 bridgehead atoms. The molecule has 3 nitrogen and oxygen atoms in total. The number of rotatable bonds is 5. The molecule has 0 aliphatic heterocycles. The fourth-order valence-electron chi connectivity index (χ4n) is 2.73. The van der Waals surface area contributed by atoms with E-state index in [1.807, 2.05) is 13.8 Å². The summed E-state index contributed by atoms with van der Waals surface area (Å²) in [6, 6.07) is 0. The van der Waals surface area contributed by atoms with Crippen molar-refractivity contribution in [1.29, 1.82) is 0 Å². The van der Waals surface area contributed by atoms with Crippen LogP contribution in [0.25, 0.3) is 0 Å². The number of alkyl halides is 3. The van der Waals surface area contributed by atoms with E-state index in [0.717, 1.165) is 0 Å². The van der Waals surface area contributed by atoms with Gasteiger partial charge in [0.05, 0.1) is 5.92 Å². The predicted molar refractivity (Wildman–Crippen MR) is 79.3 cm³/mol.